The average Bonchev–Trinajstić information content (AvgIpc) is 2.50. The van der Waals surface area contributed by atoms with Crippen LogP contribution in [0.5, 0.6) is 0 Å². The fraction of sp³-hybridized carbons (Fsp3) is 0.889. The Labute approximate surface area is 78.6 Å². The van der Waals surface area contributed by atoms with Gasteiger partial charge in [0.15, 0.2) is 0 Å². The van der Waals surface area contributed by atoms with E-state index in [0.29, 0.717) is 6.61 Å². The highest BCUT2D eigenvalue weighted by Crippen LogP contribution is 2.24. The zero-order valence-corrected chi connectivity index (χ0v) is 8.59. The SMILES string of the molecule is COC(=O)[C@@H]1COC(C(C)(C)C)N1. The maximum absolute atomic E-state index is 11.1. The van der Waals surface area contributed by atoms with Gasteiger partial charge in [0, 0.05) is 5.41 Å². The van der Waals surface area contributed by atoms with Crippen LogP contribution in [0.15, 0.2) is 0 Å². The van der Waals surface area contributed by atoms with Crippen molar-refractivity contribution in [2.75, 3.05) is 13.7 Å². The van der Waals surface area contributed by atoms with Crippen LogP contribution in [0.4, 0.5) is 0 Å². The molecule has 1 aliphatic heterocycles. The van der Waals surface area contributed by atoms with Crippen LogP contribution < -0.4 is 5.32 Å². The molecule has 1 fully saturated rings. The number of hydrogen-bond acceptors (Lipinski definition) is 4. The second-order valence-corrected chi connectivity index (χ2v) is 4.32. The molecule has 0 aromatic heterocycles. The minimum Gasteiger partial charge on any atom is -0.468 e. The van der Waals surface area contributed by atoms with Crippen molar-refractivity contribution in [2.45, 2.75) is 33.0 Å². The van der Waals surface area contributed by atoms with Crippen molar-refractivity contribution >= 4 is 5.97 Å². The van der Waals surface area contributed by atoms with Crippen molar-refractivity contribution in [1.82, 2.24) is 5.32 Å². The quantitative estimate of drug-likeness (QED) is 0.608. The van der Waals surface area contributed by atoms with Gasteiger partial charge in [-0.1, -0.05) is 20.8 Å². The molecule has 13 heavy (non-hydrogen) atoms. The number of nitrogens with one attached hydrogen (secondary N) is 1. The van der Waals surface area contributed by atoms with Crippen LogP contribution in [0.1, 0.15) is 20.8 Å². The summed E-state index contributed by atoms with van der Waals surface area (Å²) >= 11 is 0. The zero-order chi connectivity index (χ0) is 10.1. The first-order chi connectivity index (χ1) is 5.95. The lowest BCUT2D eigenvalue weighted by atomic mass is 9.94. The van der Waals surface area contributed by atoms with Gasteiger partial charge in [0.05, 0.1) is 13.7 Å². The van der Waals surface area contributed by atoms with Crippen LogP contribution in [0.25, 0.3) is 0 Å². The third-order valence-corrected chi connectivity index (χ3v) is 2.05. The van der Waals surface area contributed by atoms with Crippen LogP contribution >= 0.6 is 0 Å². The Kier molecular flexibility index (Phi) is 2.93. The van der Waals surface area contributed by atoms with E-state index in [1.54, 1.807) is 0 Å². The van der Waals surface area contributed by atoms with Crippen molar-refractivity contribution in [3.63, 3.8) is 0 Å². The molecular weight excluding hydrogens is 170 g/mol. The maximum Gasteiger partial charge on any atom is 0.325 e. The lowest BCUT2D eigenvalue weighted by Crippen LogP contribution is -2.43. The molecular formula is C9H17NO3. The molecule has 2 atom stereocenters. The summed E-state index contributed by atoms with van der Waals surface area (Å²) in [5.74, 6) is -0.258. The van der Waals surface area contributed by atoms with Crippen molar-refractivity contribution in [1.29, 1.82) is 0 Å². The van der Waals surface area contributed by atoms with E-state index in [0.717, 1.165) is 0 Å². The van der Waals surface area contributed by atoms with Crippen LogP contribution in [-0.2, 0) is 14.3 Å². The lowest BCUT2D eigenvalue weighted by Gasteiger charge is -2.26. The molecule has 76 valence electrons. The number of methoxy groups -OCH3 is 1. The number of esters is 1. The summed E-state index contributed by atoms with van der Waals surface area (Å²) < 4.78 is 10.1. The van der Waals surface area contributed by atoms with E-state index in [2.05, 4.69) is 30.8 Å². The van der Waals surface area contributed by atoms with E-state index in [1.165, 1.54) is 7.11 Å². The predicted molar refractivity (Wildman–Crippen MR) is 48.1 cm³/mol. The Balaban J connectivity index is 2.50. The summed E-state index contributed by atoms with van der Waals surface area (Å²) in [5.41, 5.74) is 0.00275. The Morgan fingerprint density at radius 1 is 1.54 bits per heavy atom. The standard InChI is InChI=1S/C9H17NO3/c1-9(2,3)8-10-6(5-13-8)7(11)12-4/h6,8,10H,5H2,1-4H3/t6-,8?/m0/s1. The van der Waals surface area contributed by atoms with Gasteiger partial charge in [0.25, 0.3) is 0 Å². The molecule has 1 unspecified atom stereocenters. The number of ether oxygens (including phenoxy) is 2. The molecule has 0 radical (unpaired) electrons. The van der Waals surface area contributed by atoms with Crippen molar-refractivity contribution in [3.8, 4) is 0 Å². The summed E-state index contributed by atoms with van der Waals surface area (Å²) in [4.78, 5) is 11.1. The average molecular weight is 187 g/mol. The first kappa shape index (κ1) is 10.5. The number of carbonyl (C=O) groups is 1. The topological polar surface area (TPSA) is 47.6 Å². The Bertz CT molecular complexity index is 198. The Hall–Kier alpha value is -0.610. The minimum atomic E-state index is -0.311. The summed E-state index contributed by atoms with van der Waals surface area (Å²) in [5, 5.41) is 3.08. The summed E-state index contributed by atoms with van der Waals surface area (Å²) in [7, 11) is 1.38. The van der Waals surface area contributed by atoms with E-state index < -0.39 is 0 Å². The highest BCUT2D eigenvalue weighted by Gasteiger charge is 2.36. The normalized spacial score (nSPS) is 28.9. The summed E-state index contributed by atoms with van der Waals surface area (Å²) in [6.45, 7) is 6.58. The van der Waals surface area contributed by atoms with E-state index in [-0.39, 0.29) is 23.7 Å². The van der Waals surface area contributed by atoms with Crippen molar-refractivity contribution in [2.24, 2.45) is 5.41 Å². The van der Waals surface area contributed by atoms with Crippen LogP contribution in [0.2, 0.25) is 0 Å². The largest absolute Gasteiger partial charge is 0.468 e. The van der Waals surface area contributed by atoms with Crippen LogP contribution in [0.3, 0.4) is 0 Å². The fourth-order valence-electron chi connectivity index (χ4n) is 1.25. The monoisotopic (exact) mass is 187 g/mol. The molecule has 0 amide bonds. The highest BCUT2D eigenvalue weighted by molar-refractivity contribution is 5.76. The molecule has 0 spiro atoms. The molecule has 1 saturated heterocycles. The van der Waals surface area contributed by atoms with Gasteiger partial charge in [-0.25, -0.2) is 0 Å². The number of carbonyl (C=O) groups excluding carboxylic acids is 1. The molecule has 1 rings (SSSR count). The van der Waals surface area contributed by atoms with Crippen LogP contribution in [-0.4, -0.2) is 32.0 Å². The summed E-state index contributed by atoms with van der Waals surface area (Å²) in [6.07, 6.45) is -0.0726. The molecule has 4 nitrogen and oxygen atoms in total. The minimum absolute atomic E-state index is 0.00275. The van der Waals surface area contributed by atoms with E-state index >= 15 is 0 Å². The molecule has 1 N–H and O–H groups in total. The van der Waals surface area contributed by atoms with Crippen LogP contribution in [0, 0.1) is 5.41 Å². The van der Waals surface area contributed by atoms with Gasteiger partial charge in [-0.05, 0) is 0 Å². The molecule has 1 aliphatic rings. The second-order valence-electron chi connectivity index (χ2n) is 4.32. The predicted octanol–water partition coefficient (Wildman–Crippen LogP) is 0.520. The first-order valence-corrected chi connectivity index (χ1v) is 4.40. The van der Waals surface area contributed by atoms with E-state index in [1.807, 2.05) is 0 Å². The van der Waals surface area contributed by atoms with E-state index in [4.69, 9.17) is 4.74 Å². The molecule has 4 heteroatoms. The van der Waals surface area contributed by atoms with Gasteiger partial charge in [-0.15, -0.1) is 0 Å². The molecule has 0 aromatic carbocycles. The molecule has 0 aliphatic carbocycles. The Morgan fingerprint density at radius 2 is 2.15 bits per heavy atom. The fourth-order valence-corrected chi connectivity index (χ4v) is 1.25. The van der Waals surface area contributed by atoms with E-state index in [9.17, 15) is 4.79 Å². The molecule has 0 saturated carbocycles. The van der Waals surface area contributed by atoms with Gasteiger partial charge < -0.3 is 9.47 Å². The van der Waals surface area contributed by atoms with Gasteiger partial charge in [0.1, 0.15) is 12.3 Å². The van der Waals surface area contributed by atoms with Gasteiger partial charge in [-0.3, -0.25) is 10.1 Å². The molecule has 0 aromatic rings. The van der Waals surface area contributed by atoms with Gasteiger partial charge in [0.2, 0.25) is 0 Å². The van der Waals surface area contributed by atoms with Gasteiger partial charge >= 0.3 is 5.97 Å². The lowest BCUT2D eigenvalue weighted by molar-refractivity contribution is -0.142. The third kappa shape index (κ3) is 2.42. The second kappa shape index (κ2) is 3.64. The number of hydrogen-bond donors (Lipinski definition) is 1. The smallest absolute Gasteiger partial charge is 0.325 e. The molecule has 0 bridgehead atoms. The first-order valence-electron chi connectivity index (χ1n) is 4.40. The third-order valence-electron chi connectivity index (χ3n) is 2.05. The molecule has 1 heterocycles. The highest BCUT2D eigenvalue weighted by atomic mass is 16.5. The van der Waals surface area contributed by atoms with Crippen molar-refractivity contribution in [3.05, 3.63) is 0 Å². The van der Waals surface area contributed by atoms with Gasteiger partial charge in [-0.2, -0.15) is 0 Å². The zero-order valence-electron chi connectivity index (χ0n) is 8.59. The Morgan fingerprint density at radius 3 is 2.54 bits per heavy atom. The van der Waals surface area contributed by atoms with Crippen molar-refractivity contribution < 1.29 is 14.3 Å². The maximum atomic E-state index is 11.1. The summed E-state index contributed by atoms with van der Waals surface area (Å²) in [6, 6.07) is -0.311. The number of rotatable bonds is 1.